The summed E-state index contributed by atoms with van der Waals surface area (Å²) in [5.74, 6) is -15.2. The first-order valence-corrected chi connectivity index (χ1v) is 12.4. The van der Waals surface area contributed by atoms with Crippen LogP contribution in [0, 0.1) is 43.4 Å². The highest BCUT2D eigenvalue weighted by Crippen LogP contribution is 2.36. The van der Waals surface area contributed by atoms with E-state index in [1.807, 2.05) is 22.6 Å². The number of ether oxygens (including phenoxy) is 1. The summed E-state index contributed by atoms with van der Waals surface area (Å²) in [5.41, 5.74) is -0.316. The largest absolute Gasteiger partial charge is 0.744 e. The second kappa shape index (κ2) is 9.48. The maximum atomic E-state index is 13.7. The molecule has 0 radical (unpaired) electrons. The zero-order valence-corrected chi connectivity index (χ0v) is 22.5. The minimum absolute atomic E-state index is 0.0158. The molecule has 0 amide bonds. The molecule has 0 saturated carbocycles. The highest BCUT2D eigenvalue weighted by Gasteiger charge is 2.30. The SMILES string of the molecule is O=C(Cc1c(I)c(I)c(I)c(I)c1S(=O)(=O)[O-])Oc1c(F)c(F)c(F)c(F)c1F. The van der Waals surface area contributed by atoms with E-state index in [-0.39, 0.29) is 12.7 Å². The van der Waals surface area contributed by atoms with E-state index in [0.29, 0.717) is 7.14 Å². The summed E-state index contributed by atoms with van der Waals surface area (Å²) in [5, 5.41) is 0. The zero-order valence-electron chi connectivity index (χ0n) is 13.1. The molecule has 0 aliphatic heterocycles. The van der Waals surface area contributed by atoms with Crippen LogP contribution in [0.15, 0.2) is 4.90 Å². The van der Waals surface area contributed by atoms with Gasteiger partial charge in [-0.3, -0.25) is 4.79 Å². The van der Waals surface area contributed by atoms with Gasteiger partial charge in [-0.15, -0.1) is 0 Å². The van der Waals surface area contributed by atoms with E-state index in [4.69, 9.17) is 0 Å². The Morgan fingerprint density at radius 1 is 0.793 bits per heavy atom. The van der Waals surface area contributed by atoms with Gasteiger partial charge in [0.1, 0.15) is 10.1 Å². The van der Waals surface area contributed by atoms with Gasteiger partial charge < -0.3 is 9.29 Å². The number of carbonyl (C=O) groups excluding carboxylic acids is 1. The summed E-state index contributed by atoms with van der Waals surface area (Å²) in [7, 11) is -5.08. The monoisotopic (exact) mass is 885 g/mol. The third-order valence-electron chi connectivity index (χ3n) is 3.27. The van der Waals surface area contributed by atoms with Gasteiger partial charge in [-0.05, 0) is 95.9 Å². The van der Waals surface area contributed by atoms with Gasteiger partial charge in [0, 0.05) is 14.3 Å². The lowest BCUT2D eigenvalue weighted by Crippen LogP contribution is -2.19. The molecule has 0 atom stereocenters. The van der Waals surface area contributed by atoms with E-state index >= 15 is 0 Å². The summed E-state index contributed by atoms with van der Waals surface area (Å²) in [6.45, 7) is 0. The molecule has 0 unspecified atom stereocenters. The number of hydrogen-bond acceptors (Lipinski definition) is 5. The topological polar surface area (TPSA) is 83.5 Å². The normalized spacial score (nSPS) is 11.7. The van der Waals surface area contributed by atoms with Crippen LogP contribution in [0.2, 0.25) is 0 Å². The lowest BCUT2D eigenvalue weighted by Gasteiger charge is -2.19. The quantitative estimate of drug-likeness (QED) is 0.0835. The fourth-order valence-corrected chi connectivity index (χ4v) is 7.51. The Bertz CT molecular complexity index is 1130. The van der Waals surface area contributed by atoms with Crippen molar-refractivity contribution in [1.82, 2.24) is 0 Å². The Hall–Kier alpha value is 0.390. The van der Waals surface area contributed by atoms with Gasteiger partial charge >= 0.3 is 5.97 Å². The van der Waals surface area contributed by atoms with Crippen LogP contribution in [-0.4, -0.2) is 18.9 Å². The average molecular weight is 885 g/mol. The Morgan fingerprint density at radius 2 is 1.21 bits per heavy atom. The molecule has 2 aromatic rings. The predicted molar refractivity (Wildman–Crippen MR) is 121 cm³/mol. The number of esters is 1. The first kappa shape index (κ1) is 25.6. The van der Waals surface area contributed by atoms with Crippen molar-refractivity contribution in [3.05, 3.63) is 48.9 Å². The second-order valence-electron chi connectivity index (χ2n) is 5.07. The van der Waals surface area contributed by atoms with Crippen molar-refractivity contribution in [2.75, 3.05) is 0 Å². The molecule has 29 heavy (non-hydrogen) atoms. The highest BCUT2D eigenvalue weighted by atomic mass is 127. The molecule has 158 valence electrons. The highest BCUT2D eigenvalue weighted by molar-refractivity contribution is 14.1. The van der Waals surface area contributed by atoms with Gasteiger partial charge in [0.05, 0.1) is 11.3 Å². The van der Waals surface area contributed by atoms with Crippen molar-refractivity contribution >= 4 is 106 Å². The molecular formula is C14H2F5I4O5S-. The van der Waals surface area contributed by atoms with Crippen LogP contribution in [0.3, 0.4) is 0 Å². The third-order valence-corrected chi connectivity index (χ3v) is 12.1. The standard InChI is InChI=1S/C14H3F5I4O5S/c15-4-5(16)7(18)13(8(19)6(4)17)28-3(24)1-2-9(20)10(21)11(22)12(23)14(2)29(25,26)27/h1H2,(H,25,26,27)/p-1. The van der Waals surface area contributed by atoms with Gasteiger partial charge in [-0.2, -0.15) is 8.78 Å². The van der Waals surface area contributed by atoms with Crippen LogP contribution >= 0.6 is 90.4 Å². The lowest BCUT2D eigenvalue weighted by molar-refractivity contribution is -0.134. The first-order valence-electron chi connectivity index (χ1n) is 6.72. The Kier molecular flexibility index (Phi) is 8.39. The molecule has 0 spiro atoms. The number of halogens is 9. The van der Waals surface area contributed by atoms with Crippen molar-refractivity contribution in [1.29, 1.82) is 0 Å². The minimum Gasteiger partial charge on any atom is -0.744 e. The van der Waals surface area contributed by atoms with Crippen LogP contribution in [0.25, 0.3) is 0 Å². The predicted octanol–water partition coefficient (Wildman–Crippen LogP) is 4.85. The smallest absolute Gasteiger partial charge is 0.315 e. The van der Waals surface area contributed by atoms with Gasteiger partial charge in [0.25, 0.3) is 0 Å². The van der Waals surface area contributed by atoms with E-state index in [2.05, 4.69) is 4.74 Å². The fourth-order valence-electron chi connectivity index (χ4n) is 2.04. The Morgan fingerprint density at radius 3 is 1.66 bits per heavy atom. The minimum atomic E-state index is -5.08. The number of carbonyl (C=O) groups is 1. The average Bonchev–Trinajstić information content (AvgIpc) is 2.63. The van der Waals surface area contributed by atoms with Gasteiger partial charge in [0.2, 0.25) is 34.8 Å². The second-order valence-corrected chi connectivity index (χ2v) is 10.7. The van der Waals surface area contributed by atoms with Crippen molar-refractivity contribution in [3.8, 4) is 5.75 Å². The number of benzene rings is 2. The Balaban J connectivity index is 2.57. The van der Waals surface area contributed by atoms with Crippen molar-refractivity contribution in [2.24, 2.45) is 0 Å². The van der Waals surface area contributed by atoms with E-state index in [0.717, 1.165) is 0 Å². The lowest BCUT2D eigenvalue weighted by atomic mass is 10.1. The van der Waals surface area contributed by atoms with Crippen LogP contribution in [0.4, 0.5) is 22.0 Å². The molecule has 5 nitrogen and oxygen atoms in total. The van der Waals surface area contributed by atoms with Crippen LogP contribution < -0.4 is 4.74 Å². The zero-order chi connectivity index (χ0) is 22.4. The molecule has 0 aliphatic carbocycles. The van der Waals surface area contributed by atoms with Crippen LogP contribution in [0.1, 0.15) is 5.56 Å². The maximum absolute atomic E-state index is 13.7. The summed E-state index contributed by atoms with van der Waals surface area (Å²) < 4.78 is 107. The van der Waals surface area contributed by atoms with E-state index in [1.54, 1.807) is 67.8 Å². The Labute approximate surface area is 214 Å². The fraction of sp³-hybridized carbons (Fsp3) is 0.0714. The third kappa shape index (κ3) is 5.08. The summed E-state index contributed by atoms with van der Waals surface area (Å²) in [6, 6.07) is 0. The van der Waals surface area contributed by atoms with Crippen molar-refractivity contribution < 1.29 is 44.5 Å². The number of rotatable bonds is 4. The molecule has 15 heteroatoms. The molecule has 2 rings (SSSR count). The molecule has 0 heterocycles. The van der Waals surface area contributed by atoms with Crippen LogP contribution in [-0.2, 0) is 21.3 Å². The van der Waals surface area contributed by atoms with E-state index in [1.165, 1.54) is 0 Å². The first-order chi connectivity index (χ1) is 13.2. The van der Waals surface area contributed by atoms with Gasteiger partial charge in [0.15, 0.2) is 0 Å². The van der Waals surface area contributed by atoms with Crippen molar-refractivity contribution in [3.63, 3.8) is 0 Å². The molecular weight excluding hydrogens is 883 g/mol. The molecule has 0 fully saturated rings. The maximum Gasteiger partial charge on any atom is 0.315 e. The van der Waals surface area contributed by atoms with Gasteiger partial charge in [-0.25, -0.2) is 21.6 Å². The molecule has 0 aliphatic rings. The molecule has 0 bridgehead atoms. The molecule has 0 saturated heterocycles. The van der Waals surface area contributed by atoms with E-state index < -0.39 is 62.2 Å². The van der Waals surface area contributed by atoms with E-state index in [9.17, 15) is 39.7 Å². The summed E-state index contributed by atoms with van der Waals surface area (Å²) in [6.07, 6.45) is -0.975. The number of hydrogen-bond donors (Lipinski definition) is 0. The summed E-state index contributed by atoms with van der Waals surface area (Å²) >= 11 is 6.86. The molecule has 0 N–H and O–H groups in total. The van der Waals surface area contributed by atoms with Crippen LogP contribution in [0.5, 0.6) is 5.75 Å². The molecule has 2 aromatic carbocycles. The van der Waals surface area contributed by atoms with Gasteiger partial charge in [-0.1, -0.05) is 0 Å². The van der Waals surface area contributed by atoms with Crippen molar-refractivity contribution in [2.45, 2.75) is 11.3 Å². The summed E-state index contributed by atoms with van der Waals surface area (Å²) in [4.78, 5) is 11.4. The molecule has 0 aromatic heterocycles.